The lowest BCUT2D eigenvalue weighted by Gasteiger charge is -2.23. The first-order valence-electron chi connectivity index (χ1n) is 8.87. The molecule has 0 fully saturated rings. The fourth-order valence-electron chi connectivity index (χ4n) is 3.30. The molecule has 4 aromatic rings. The number of rotatable bonds is 5. The largest absolute Gasteiger partial charge is 0.384 e. The first kappa shape index (κ1) is 17.7. The summed E-state index contributed by atoms with van der Waals surface area (Å²) in [6.07, 6.45) is 3.09. The molecular formula is C20H20N6O2. The number of nitrogen functional groups attached to an aromatic ring is 1. The molecule has 8 nitrogen and oxygen atoms in total. The van der Waals surface area contributed by atoms with Gasteiger partial charge in [0.05, 0.1) is 18.3 Å². The van der Waals surface area contributed by atoms with Crippen molar-refractivity contribution in [3.8, 4) is 0 Å². The van der Waals surface area contributed by atoms with Gasteiger partial charge in [-0.3, -0.25) is 9.89 Å². The summed E-state index contributed by atoms with van der Waals surface area (Å²) in [5, 5.41) is 11.6. The monoisotopic (exact) mass is 376 g/mol. The van der Waals surface area contributed by atoms with Crippen molar-refractivity contribution in [2.24, 2.45) is 0 Å². The second-order valence-corrected chi connectivity index (χ2v) is 6.70. The maximum absolute atomic E-state index is 13.1. The lowest BCUT2D eigenvalue weighted by molar-refractivity contribution is 0.0726. The molecule has 0 aliphatic heterocycles. The number of carbonyl (C=O) groups excluding carboxylic acids is 1. The first-order valence-corrected chi connectivity index (χ1v) is 8.87. The Balaban J connectivity index is 1.71. The maximum Gasteiger partial charge on any atom is 0.257 e. The quantitative estimate of drug-likeness (QED) is 0.553. The van der Waals surface area contributed by atoms with E-state index >= 15 is 0 Å². The van der Waals surface area contributed by atoms with Crippen molar-refractivity contribution in [3.05, 3.63) is 70.8 Å². The standard InChI is InChI=1S/C20H20N6O2/c1-12-7-19(21)24-13(2)16(12)10-26(20(27)14-8-22-23-9-14)11-17-15-5-3-4-6-18(15)28-25-17/h3-9H,10-11H2,1-2H3,(H2,21,24)(H,22,23). The van der Waals surface area contributed by atoms with E-state index in [-0.39, 0.29) is 5.91 Å². The number of fused-ring (bicyclic) bond motifs is 1. The Morgan fingerprint density at radius 3 is 2.82 bits per heavy atom. The van der Waals surface area contributed by atoms with Gasteiger partial charge in [-0.05, 0) is 43.2 Å². The van der Waals surface area contributed by atoms with Gasteiger partial charge < -0.3 is 15.2 Å². The summed E-state index contributed by atoms with van der Waals surface area (Å²) in [6, 6.07) is 9.41. The third kappa shape index (κ3) is 3.32. The topological polar surface area (TPSA) is 114 Å². The molecule has 0 saturated heterocycles. The molecule has 3 N–H and O–H groups in total. The molecule has 0 radical (unpaired) electrons. The van der Waals surface area contributed by atoms with Gasteiger partial charge in [-0.25, -0.2) is 4.98 Å². The summed E-state index contributed by atoms with van der Waals surface area (Å²) in [4.78, 5) is 19.2. The molecule has 1 aromatic carbocycles. The molecule has 0 aliphatic rings. The molecule has 0 aliphatic carbocycles. The number of nitrogens with two attached hydrogens (primary N) is 1. The van der Waals surface area contributed by atoms with Crippen molar-refractivity contribution < 1.29 is 9.32 Å². The second kappa shape index (κ2) is 7.15. The molecule has 0 bridgehead atoms. The van der Waals surface area contributed by atoms with Crippen LogP contribution in [0.1, 0.15) is 32.9 Å². The third-order valence-corrected chi connectivity index (χ3v) is 4.75. The Kier molecular flexibility index (Phi) is 4.52. The van der Waals surface area contributed by atoms with Gasteiger partial charge in [0.2, 0.25) is 0 Å². The zero-order valence-electron chi connectivity index (χ0n) is 15.6. The Morgan fingerprint density at radius 1 is 1.25 bits per heavy atom. The number of para-hydroxylation sites is 1. The van der Waals surface area contributed by atoms with E-state index in [4.69, 9.17) is 10.3 Å². The summed E-state index contributed by atoms with van der Waals surface area (Å²) in [6.45, 7) is 4.53. The smallest absolute Gasteiger partial charge is 0.257 e. The number of nitrogens with zero attached hydrogens (tertiary/aromatic N) is 4. The van der Waals surface area contributed by atoms with Gasteiger partial charge in [-0.15, -0.1) is 0 Å². The minimum absolute atomic E-state index is 0.156. The third-order valence-electron chi connectivity index (χ3n) is 4.75. The lowest BCUT2D eigenvalue weighted by Crippen LogP contribution is -2.31. The van der Waals surface area contributed by atoms with Crippen LogP contribution in [0, 0.1) is 13.8 Å². The van der Waals surface area contributed by atoms with Crippen LogP contribution in [0.4, 0.5) is 5.82 Å². The number of hydrogen-bond donors (Lipinski definition) is 2. The van der Waals surface area contributed by atoms with Gasteiger partial charge >= 0.3 is 0 Å². The van der Waals surface area contributed by atoms with E-state index < -0.39 is 0 Å². The van der Waals surface area contributed by atoms with Crippen LogP contribution in [0.2, 0.25) is 0 Å². The molecule has 0 saturated carbocycles. The van der Waals surface area contributed by atoms with E-state index in [9.17, 15) is 4.79 Å². The predicted octanol–water partition coefficient (Wildman–Crippen LogP) is 2.99. The van der Waals surface area contributed by atoms with Crippen LogP contribution < -0.4 is 5.73 Å². The molecule has 28 heavy (non-hydrogen) atoms. The number of benzene rings is 1. The van der Waals surface area contributed by atoms with Crippen molar-refractivity contribution in [1.29, 1.82) is 0 Å². The normalized spacial score (nSPS) is 11.1. The Labute approximate surface area is 161 Å². The van der Waals surface area contributed by atoms with Gasteiger partial charge in [0, 0.05) is 23.8 Å². The molecule has 3 aromatic heterocycles. The fourth-order valence-corrected chi connectivity index (χ4v) is 3.30. The molecule has 0 spiro atoms. The number of hydrogen-bond acceptors (Lipinski definition) is 6. The number of carbonyl (C=O) groups is 1. The number of nitrogens with one attached hydrogen (secondary N) is 1. The Morgan fingerprint density at radius 2 is 2.07 bits per heavy atom. The van der Waals surface area contributed by atoms with Crippen molar-refractivity contribution in [2.45, 2.75) is 26.9 Å². The minimum atomic E-state index is -0.156. The van der Waals surface area contributed by atoms with Crippen LogP contribution in [0.25, 0.3) is 11.0 Å². The number of aromatic nitrogens is 4. The number of aromatic amines is 1. The molecule has 0 unspecified atom stereocenters. The van der Waals surface area contributed by atoms with Crippen molar-refractivity contribution in [3.63, 3.8) is 0 Å². The number of amides is 1. The highest BCUT2D eigenvalue weighted by molar-refractivity contribution is 5.94. The van der Waals surface area contributed by atoms with Crippen molar-refractivity contribution in [2.75, 3.05) is 5.73 Å². The zero-order valence-corrected chi connectivity index (χ0v) is 15.6. The molecule has 1 amide bonds. The summed E-state index contributed by atoms with van der Waals surface area (Å²) in [7, 11) is 0. The zero-order chi connectivity index (χ0) is 19.7. The minimum Gasteiger partial charge on any atom is -0.384 e. The van der Waals surface area contributed by atoms with Gasteiger partial charge in [0.15, 0.2) is 5.58 Å². The Bertz CT molecular complexity index is 1110. The van der Waals surface area contributed by atoms with Crippen LogP contribution in [-0.2, 0) is 13.1 Å². The molecule has 0 atom stereocenters. The summed E-state index contributed by atoms with van der Waals surface area (Å²) >= 11 is 0. The van der Waals surface area contributed by atoms with Crippen LogP contribution in [-0.4, -0.2) is 31.1 Å². The van der Waals surface area contributed by atoms with Crippen LogP contribution in [0.3, 0.4) is 0 Å². The predicted molar refractivity (Wildman–Crippen MR) is 104 cm³/mol. The van der Waals surface area contributed by atoms with E-state index in [1.165, 1.54) is 6.20 Å². The van der Waals surface area contributed by atoms with E-state index in [2.05, 4.69) is 20.3 Å². The van der Waals surface area contributed by atoms with E-state index in [0.29, 0.717) is 35.7 Å². The van der Waals surface area contributed by atoms with Crippen LogP contribution >= 0.6 is 0 Å². The van der Waals surface area contributed by atoms with Crippen molar-refractivity contribution in [1.82, 2.24) is 25.2 Å². The average molecular weight is 376 g/mol. The summed E-state index contributed by atoms with van der Waals surface area (Å²) in [5.74, 6) is 0.311. The van der Waals surface area contributed by atoms with Gasteiger partial charge in [-0.1, -0.05) is 17.3 Å². The van der Waals surface area contributed by atoms with Crippen molar-refractivity contribution >= 4 is 22.7 Å². The maximum atomic E-state index is 13.1. The number of anilines is 1. The summed E-state index contributed by atoms with van der Waals surface area (Å²) in [5.41, 5.74) is 10.5. The van der Waals surface area contributed by atoms with Gasteiger partial charge in [-0.2, -0.15) is 5.10 Å². The fraction of sp³-hybridized carbons (Fsp3) is 0.200. The van der Waals surface area contributed by atoms with E-state index in [0.717, 1.165) is 22.2 Å². The molecular weight excluding hydrogens is 356 g/mol. The van der Waals surface area contributed by atoms with Gasteiger partial charge in [0.1, 0.15) is 11.5 Å². The Hall–Kier alpha value is -3.68. The molecule has 4 rings (SSSR count). The highest BCUT2D eigenvalue weighted by Crippen LogP contribution is 2.23. The SMILES string of the molecule is Cc1cc(N)nc(C)c1CN(Cc1noc2ccccc12)C(=O)c1cn[nH]c1. The van der Waals surface area contributed by atoms with Crippen LogP contribution in [0.15, 0.2) is 47.2 Å². The number of H-pyrrole nitrogens is 1. The molecule has 8 heteroatoms. The first-order chi connectivity index (χ1) is 13.5. The number of aryl methyl sites for hydroxylation is 2. The van der Waals surface area contributed by atoms with Crippen LogP contribution in [0.5, 0.6) is 0 Å². The average Bonchev–Trinajstić information content (AvgIpc) is 3.33. The lowest BCUT2D eigenvalue weighted by atomic mass is 10.1. The van der Waals surface area contributed by atoms with E-state index in [1.54, 1.807) is 11.1 Å². The summed E-state index contributed by atoms with van der Waals surface area (Å²) < 4.78 is 5.40. The van der Waals surface area contributed by atoms with Gasteiger partial charge in [0.25, 0.3) is 5.91 Å². The second-order valence-electron chi connectivity index (χ2n) is 6.70. The molecule has 142 valence electrons. The highest BCUT2D eigenvalue weighted by Gasteiger charge is 2.22. The highest BCUT2D eigenvalue weighted by atomic mass is 16.5. The number of pyridine rings is 1. The molecule has 3 heterocycles. The van der Waals surface area contributed by atoms with E-state index in [1.807, 2.05) is 44.2 Å².